The fraction of sp³-hybridized carbons (Fsp3) is 0.438. The molecule has 3 nitrogen and oxygen atoms in total. The summed E-state index contributed by atoms with van der Waals surface area (Å²) in [6.07, 6.45) is 4.17. The van der Waals surface area contributed by atoms with Gasteiger partial charge in [0.1, 0.15) is 0 Å². The Morgan fingerprint density at radius 1 is 1.26 bits per heavy atom. The van der Waals surface area contributed by atoms with Crippen molar-refractivity contribution in [3.63, 3.8) is 0 Å². The Labute approximate surface area is 115 Å². The molecule has 0 saturated heterocycles. The molecule has 0 saturated carbocycles. The number of nitrogens with one attached hydrogen (secondary N) is 1. The largest absolute Gasteiger partial charge is 0.309 e. The zero-order chi connectivity index (χ0) is 13.7. The molecule has 0 aliphatic heterocycles. The van der Waals surface area contributed by atoms with Gasteiger partial charge in [0.25, 0.3) is 0 Å². The lowest BCUT2D eigenvalue weighted by Crippen LogP contribution is -2.30. The van der Waals surface area contributed by atoms with Crippen LogP contribution < -0.4 is 5.32 Å². The highest BCUT2D eigenvalue weighted by atomic mass is 15.3. The molecule has 0 radical (unpaired) electrons. The topological polar surface area (TPSA) is 29.9 Å². The van der Waals surface area contributed by atoms with E-state index in [9.17, 15) is 0 Å². The normalized spacial score (nSPS) is 12.6. The monoisotopic (exact) mass is 257 g/mol. The van der Waals surface area contributed by atoms with Gasteiger partial charge in [-0.3, -0.25) is 4.68 Å². The van der Waals surface area contributed by atoms with Gasteiger partial charge in [-0.2, -0.15) is 5.10 Å². The molecule has 2 aromatic rings. The van der Waals surface area contributed by atoms with Gasteiger partial charge in [0.05, 0.1) is 6.20 Å². The van der Waals surface area contributed by atoms with Gasteiger partial charge < -0.3 is 5.32 Å². The number of benzene rings is 1. The third-order valence-electron chi connectivity index (χ3n) is 3.74. The molecule has 0 amide bonds. The molecule has 1 heterocycles. The molecule has 0 aliphatic rings. The summed E-state index contributed by atoms with van der Waals surface area (Å²) in [5, 5.41) is 7.92. The number of hydrogen-bond donors (Lipinski definition) is 1. The van der Waals surface area contributed by atoms with Crippen LogP contribution >= 0.6 is 0 Å². The zero-order valence-electron chi connectivity index (χ0n) is 12.1. The first-order valence-corrected chi connectivity index (χ1v) is 6.95. The van der Waals surface area contributed by atoms with Gasteiger partial charge in [-0.25, -0.2) is 0 Å². The lowest BCUT2D eigenvalue weighted by molar-refractivity contribution is 0.493. The van der Waals surface area contributed by atoms with Crippen LogP contribution in [0.3, 0.4) is 0 Å². The van der Waals surface area contributed by atoms with Crippen LogP contribution in [-0.4, -0.2) is 15.8 Å². The van der Waals surface area contributed by atoms with Crippen molar-refractivity contribution in [2.24, 2.45) is 7.05 Å². The quantitative estimate of drug-likeness (QED) is 0.862. The van der Waals surface area contributed by atoms with Crippen molar-refractivity contribution in [2.45, 2.75) is 39.3 Å². The fourth-order valence-corrected chi connectivity index (χ4v) is 2.23. The molecule has 1 aromatic carbocycles. The van der Waals surface area contributed by atoms with Crippen molar-refractivity contribution in [3.05, 3.63) is 53.3 Å². The molecular formula is C16H23N3. The number of hydrogen-bond acceptors (Lipinski definition) is 2. The van der Waals surface area contributed by atoms with E-state index in [1.807, 2.05) is 17.9 Å². The standard InChI is InChI=1S/C16H23N3/c1-4-16(10-14-8-6-5-7-9-14)17-11-15-12-18-19(3)13(15)2/h5-9,12,16-17H,4,10-11H2,1-3H3. The number of aryl methyl sites for hydroxylation is 1. The van der Waals surface area contributed by atoms with Crippen molar-refractivity contribution < 1.29 is 0 Å². The average molecular weight is 257 g/mol. The maximum absolute atomic E-state index is 4.28. The summed E-state index contributed by atoms with van der Waals surface area (Å²) >= 11 is 0. The van der Waals surface area contributed by atoms with Crippen molar-refractivity contribution in [1.82, 2.24) is 15.1 Å². The lowest BCUT2D eigenvalue weighted by atomic mass is 10.0. The Balaban J connectivity index is 1.91. The van der Waals surface area contributed by atoms with Crippen LogP contribution in [0.4, 0.5) is 0 Å². The molecule has 3 heteroatoms. The molecular weight excluding hydrogens is 234 g/mol. The first kappa shape index (κ1) is 13.8. The zero-order valence-corrected chi connectivity index (χ0v) is 12.1. The van der Waals surface area contributed by atoms with Crippen LogP contribution in [-0.2, 0) is 20.0 Å². The smallest absolute Gasteiger partial charge is 0.0537 e. The van der Waals surface area contributed by atoms with E-state index in [-0.39, 0.29) is 0 Å². The summed E-state index contributed by atoms with van der Waals surface area (Å²) < 4.78 is 1.93. The SMILES string of the molecule is CCC(Cc1ccccc1)NCc1cnn(C)c1C. The molecule has 102 valence electrons. The maximum Gasteiger partial charge on any atom is 0.0537 e. The van der Waals surface area contributed by atoms with Crippen LogP contribution in [0.2, 0.25) is 0 Å². The first-order valence-electron chi connectivity index (χ1n) is 6.95. The summed E-state index contributed by atoms with van der Waals surface area (Å²) in [6.45, 7) is 5.24. The van der Waals surface area contributed by atoms with E-state index in [2.05, 4.69) is 54.6 Å². The van der Waals surface area contributed by atoms with Crippen LogP contribution in [0.15, 0.2) is 36.5 Å². The molecule has 19 heavy (non-hydrogen) atoms. The van der Waals surface area contributed by atoms with Gasteiger partial charge in [-0.15, -0.1) is 0 Å². The van der Waals surface area contributed by atoms with E-state index in [1.54, 1.807) is 0 Å². The highest BCUT2D eigenvalue weighted by molar-refractivity contribution is 5.17. The molecule has 1 atom stereocenters. The summed E-state index contributed by atoms with van der Waals surface area (Å²) in [5.41, 5.74) is 3.92. The highest BCUT2D eigenvalue weighted by Gasteiger charge is 2.09. The van der Waals surface area contributed by atoms with Crippen molar-refractivity contribution >= 4 is 0 Å². The average Bonchev–Trinajstić information content (AvgIpc) is 2.76. The predicted molar refractivity (Wildman–Crippen MR) is 79.0 cm³/mol. The van der Waals surface area contributed by atoms with Crippen LogP contribution in [0.1, 0.15) is 30.2 Å². The Morgan fingerprint density at radius 2 is 2.00 bits per heavy atom. The van der Waals surface area contributed by atoms with Gasteiger partial charge in [0.15, 0.2) is 0 Å². The van der Waals surface area contributed by atoms with Gasteiger partial charge in [0.2, 0.25) is 0 Å². The van der Waals surface area contributed by atoms with E-state index in [0.717, 1.165) is 19.4 Å². The second-order valence-corrected chi connectivity index (χ2v) is 5.05. The van der Waals surface area contributed by atoms with E-state index < -0.39 is 0 Å². The Hall–Kier alpha value is -1.61. The highest BCUT2D eigenvalue weighted by Crippen LogP contribution is 2.09. The molecule has 1 unspecified atom stereocenters. The number of rotatable bonds is 6. The molecule has 1 N–H and O–H groups in total. The molecule has 0 aliphatic carbocycles. The first-order chi connectivity index (χ1) is 9.20. The Morgan fingerprint density at radius 3 is 2.58 bits per heavy atom. The van der Waals surface area contributed by atoms with Crippen LogP contribution in [0, 0.1) is 6.92 Å². The maximum atomic E-state index is 4.28. The van der Waals surface area contributed by atoms with E-state index >= 15 is 0 Å². The number of aromatic nitrogens is 2. The summed E-state index contributed by atoms with van der Waals surface area (Å²) in [6, 6.07) is 11.2. The molecule has 1 aromatic heterocycles. The third kappa shape index (κ3) is 3.67. The second-order valence-electron chi connectivity index (χ2n) is 5.05. The lowest BCUT2D eigenvalue weighted by Gasteiger charge is -2.17. The number of nitrogens with zero attached hydrogens (tertiary/aromatic N) is 2. The minimum Gasteiger partial charge on any atom is -0.309 e. The van der Waals surface area contributed by atoms with Crippen molar-refractivity contribution in [3.8, 4) is 0 Å². The molecule has 0 fully saturated rings. The van der Waals surface area contributed by atoms with Gasteiger partial charge in [0, 0.05) is 30.9 Å². The van der Waals surface area contributed by atoms with E-state index in [0.29, 0.717) is 6.04 Å². The van der Waals surface area contributed by atoms with Gasteiger partial charge in [-0.1, -0.05) is 37.3 Å². The minimum absolute atomic E-state index is 0.516. The molecule has 0 bridgehead atoms. The van der Waals surface area contributed by atoms with Gasteiger partial charge in [-0.05, 0) is 25.3 Å². The van der Waals surface area contributed by atoms with Crippen molar-refractivity contribution in [1.29, 1.82) is 0 Å². The minimum atomic E-state index is 0.516. The Bertz CT molecular complexity index is 502. The van der Waals surface area contributed by atoms with Gasteiger partial charge >= 0.3 is 0 Å². The fourth-order valence-electron chi connectivity index (χ4n) is 2.23. The van der Waals surface area contributed by atoms with Crippen LogP contribution in [0.5, 0.6) is 0 Å². The molecule has 2 rings (SSSR count). The summed E-state index contributed by atoms with van der Waals surface area (Å²) in [7, 11) is 1.99. The third-order valence-corrected chi connectivity index (χ3v) is 3.74. The van der Waals surface area contributed by atoms with E-state index in [4.69, 9.17) is 0 Å². The van der Waals surface area contributed by atoms with Crippen LogP contribution in [0.25, 0.3) is 0 Å². The predicted octanol–water partition coefficient (Wildman–Crippen LogP) is 2.84. The summed E-state index contributed by atoms with van der Waals surface area (Å²) in [5.74, 6) is 0. The Kier molecular flexibility index (Phi) is 4.74. The second kappa shape index (κ2) is 6.53. The van der Waals surface area contributed by atoms with E-state index in [1.165, 1.54) is 16.8 Å². The molecule has 0 spiro atoms. The summed E-state index contributed by atoms with van der Waals surface area (Å²) in [4.78, 5) is 0. The van der Waals surface area contributed by atoms with Crippen molar-refractivity contribution in [2.75, 3.05) is 0 Å².